The molecule has 0 spiro atoms. The molecule has 112 valence electrons. The molecule has 4 nitrogen and oxygen atoms in total. The monoisotopic (exact) mass is 301 g/mol. The van der Waals surface area contributed by atoms with Crippen molar-refractivity contribution in [3.8, 4) is 5.75 Å². The highest BCUT2D eigenvalue weighted by Crippen LogP contribution is 2.22. The average Bonchev–Trinajstić information content (AvgIpc) is 2.71. The van der Waals surface area contributed by atoms with Crippen molar-refractivity contribution < 1.29 is 4.43 Å². The third-order valence-corrected chi connectivity index (χ3v) is 3.97. The minimum atomic E-state index is -1.61. The number of aromatic nitrogens is 2. The average molecular weight is 301 g/mol. The molecule has 0 amide bonds. The van der Waals surface area contributed by atoms with Crippen molar-refractivity contribution in [1.29, 1.82) is 0 Å². The van der Waals surface area contributed by atoms with Gasteiger partial charge >= 0.3 is 0 Å². The van der Waals surface area contributed by atoms with E-state index in [0.717, 1.165) is 22.7 Å². The van der Waals surface area contributed by atoms with E-state index >= 15 is 0 Å². The van der Waals surface area contributed by atoms with Crippen LogP contribution in [0.4, 0.5) is 0 Å². The maximum absolute atomic E-state index is 6.11. The Bertz CT molecular complexity index is 641. The lowest BCUT2D eigenvalue weighted by atomic mass is 10.2. The van der Waals surface area contributed by atoms with E-state index in [2.05, 4.69) is 35.7 Å². The zero-order chi connectivity index (χ0) is 15.5. The van der Waals surface area contributed by atoms with Crippen LogP contribution in [0.3, 0.4) is 0 Å². The quantitative estimate of drug-likeness (QED) is 0.625. The normalized spacial score (nSPS) is 12.0. The predicted molar refractivity (Wildman–Crippen MR) is 89.7 cm³/mol. The molecule has 0 saturated carbocycles. The molecular formula is C16H23N3OSi. The first-order valence-electron chi connectivity index (χ1n) is 7.11. The van der Waals surface area contributed by atoms with E-state index in [1.165, 1.54) is 0 Å². The largest absolute Gasteiger partial charge is 0.544 e. The molecule has 0 aliphatic rings. The summed E-state index contributed by atoms with van der Waals surface area (Å²) in [6.07, 6.45) is 3.64. The predicted octanol–water partition coefficient (Wildman–Crippen LogP) is 3.56. The Hall–Kier alpha value is -1.88. The zero-order valence-electron chi connectivity index (χ0n) is 13.4. The van der Waals surface area contributed by atoms with Gasteiger partial charge in [-0.1, -0.05) is 18.2 Å². The molecule has 0 atom stereocenters. The van der Waals surface area contributed by atoms with Crippen LogP contribution < -0.4 is 4.43 Å². The second-order valence-corrected chi connectivity index (χ2v) is 10.5. The Balaban J connectivity index is 2.11. The van der Waals surface area contributed by atoms with E-state index < -0.39 is 8.32 Å². The lowest BCUT2D eigenvalue weighted by Crippen LogP contribution is -2.29. The van der Waals surface area contributed by atoms with Gasteiger partial charge in [-0.3, -0.25) is 4.99 Å². The molecule has 1 heterocycles. The number of hydrogen-bond acceptors (Lipinski definition) is 3. The summed E-state index contributed by atoms with van der Waals surface area (Å²) in [6.45, 7) is 9.20. The van der Waals surface area contributed by atoms with Gasteiger partial charge in [-0.15, -0.1) is 0 Å². The first-order chi connectivity index (χ1) is 9.87. The summed E-state index contributed by atoms with van der Waals surface area (Å²) in [5, 5.41) is 0. The van der Waals surface area contributed by atoms with E-state index in [1.54, 1.807) is 6.33 Å². The molecule has 1 aromatic heterocycles. The Morgan fingerprint density at radius 1 is 1.29 bits per heavy atom. The third-order valence-electron chi connectivity index (χ3n) is 3.13. The molecule has 21 heavy (non-hydrogen) atoms. The lowest BCUT2D eigenvalue weighted by molar-refractivity contribution is 0.549. The summed E-state index contributed by atoms with van der Waals surface area (Å²) < 4.78 is 8.10. The Morgan fingerprint density at radius 2 is 2.00 bits per heavy atom. The molecule has 2 rings (SSSR count). The number of aryl methyl sites for hydroxylation is 1. The molecule has 2 aromatic rings. The molecule has 0 bridgehead atoms. The fourth-order valence-electron chi connectivity index (χ4n) is 1.93. The molecule has 0 saturated heterocycles. The molecule has 0 aliphatic carbocycles. The summed E-state index contributed by atoms with van der Waals surface area (Å²) in [7, 11) is 0.377. The highest BCUT2D eigenvalue weighted by Gasteiger charge is 2.17. The molecular weight excluding hydrogens is 278 g/mol. The number of hydrogen-bond donors (Lipinski definition) is 0. The van der Waals surface area contributed by atoms with Gasteiger partial charge in [0.15, 0.2) is 0 Å². The van der Waals surface area contributed by atoms with Crippen molar-refractivity contribution in [2.45, 2.75) is 33.1 Å². The van der Waals surface area contributed by atoms with Crippen LogP contribution in [0.15, 0.2) is 35.6 Å². The first kappa shape index (κ1) is 15.5. The first-order valence-corrected chi connectivity index (χ1v) is 10.5. The fraction of sp³-hybridized carbons (Fsp3) is 0.375. The minimum Gasteiger partial charge on any atom is -0.544 e. The van der Waals surface area contributed by atoms with Gasteiger partial charge in [-0.05, 0) is 32.6 Å². The van der Waals surface area contributed by atoms with Gasteiger partial charge in [0, 0.05) is 24.5 Å². The summed E-state index contributed by atoms with van der Waals surface area (Å²) >= 11 is 0. The van der Waals surface area contributed by atoms with Gasteiger partial charge in [-0.25, -0.2) is 4.98 Å². The van der Waals surface area contributed by atoms with Crippen LogP contribution >= 0.6 is 0 Å². The van der Waals surface area contributed by atoms with Crippen LogP contribution in [0.5, 0.6) is 5.75 Å². The van der Waals surface area contributed by atoms with Crippen LogP contribution in [0.1, 0.15) is 17.0 Å². The Labute approximate surface area is 127 Å². The van der Waals surface area contributed by atoms with Crippen LogP contribution in [0, 0.1) is 6.92 Å². The summed E-state index contributed by atoms with van der Waals surface area (Å²) in [4.78, 5) is 8.83. The number of aliphatic imine (C=N–C) groups is 1. The van der Waals surface area contributed by atoms with Crippen molar-refractivity contribution in [2.75, 3.05) is 0 Å². The third kappa shape index (κ3) is 4.29. The Morgan fingerprint density at radius 3 is 2.62 bits per heavy atom. The number of para-hydroxylation sites is 1. The summed E-state index contributed by atoms with van der Waals surface area (Å²) in [5.74, 6) is 0.951. The molecule has 0 N–H and O–H groups in total. The van der Waals surface area contributed by atoms with Gasteiger partial charge < -0.3 is 8.99 Å². The van der Waals surface area contributed by atoms with Crippen LogP contribution in [-0.2, 0) is 13.6 Å². The maximum Gasteiger partial charge on any atom is 0.242 e. The van der Waals surface area contributed by atoms with Crippen molar-refractivity contribution in [2.24, 2.45) is 12.0 Å². The second kappa shape index (κ2) is 6.26. The number of nitrogens with zero attached hydrogens (tertiary/aromatic N) is 3. The van der Waals surface area contributed by atoms with Crippen LogP contribution in [0.2, 0.25) is 19.6 Å². The second-order valence-electron chi connectivity index (χ2n) is 6.12. The van der Waals surface area contributed by atoms with Gasteiger partial charge in [0.2, 0.25) is 8.32 Å². The SMILES string of the molecule is Cc1c(/C=N\Cc2ccccc2O[Si](C)(C)C)ncn1C. The number of benzene rings is 1. The Kier molecular flexibility index (Phi) is 4.62. The highest BCUT2D eigenvalue weighted by molar-refractivity contribution is 6.70. The van der Waals surface area contributed by atoms with Gasteiger partial charge in [0.1, 0.15) is 11.4 Å². The van der Waals surface area contributed by atoms with E-state index in [0.29, 0.717) is 6.54 Å². The van der Waals surface area contributed by atoms with Crippen LogP contribution in [-0.4, -0.2) is 24.1 Å². The van der Waals surface area contributed by atoms with Crippen molar-refractivity contribution in [3.63, 3.8) is 0 Å². The molecule has 1 aromatic carbocycles. The van der Waals surface area contributed by atoms with Gasteiger partial charge in [-0.2, -0.15) is 0 Å². The van der Waals surface area contributed by atoms with Crippen molar-refractivity contribution in [1.82, 2.24) is 9.55 Å². The standard InChI is InChI=1S/C16H23N3OSi/c1-13-15(18-12-19(13)2)11-17-10-14-8-6-7-9-16(14)20-21(3,4)5/h6-9,11-12H,10H2,1-5H3/b17-11-. The number of rotatable bonds is 5. The molecule has 0 aliphatic heterocycles. The van der Waals surface area contributed by atoms with E-state index in [1.807, 2.05) is 43.0 Å². The smallest absolute Gasteiger partial charge is 0.242 e. The van der Waals surface area contributed by atoms with Gasteiger partial charge in [0.25, 0.3) is 0 Å². The lowest BCUT2D eigenvalue weighted by Gasteiger charge is -2.21. The topological polar surface area (TPSA) is 39.4 Å². The molecule has 0 radical (unpaired) electrons. The van der Waals surface area contributed by atoms with Crippen LogP contribution in [0.25, 0.3) is 0 Å². The maximum atomic E-state index is 6.11. The van der Waals surface area contributed by atoms with E-state index in [9.17, 15) is 0 Å². The molecule has 0 fully saturated rings. The fourth-order valence-corrected chi connectivity index (χ4v) is 2.79. The zero-order valence-corrected chi connectivity index (χ0v) is 14.4. The molecule has 0 unspecified atom stereocenters. The van der Waals surface area contributed by atoms with E-state index in [4.69, 9.17) is 4.43 Å². The van der Waals surface area contributed by atoms with E-state index in [-0.39, 0.29) is 0 Å². The van der Waals surface area contributed by atoms with Crippen molar-refractivity contribution in [3.05, 3.63) is 47.5 Å². The van der Waals surface area contributed by atoms with Gasteiger partial charge in [0.05, 0.1) is 12.9 Å². The highest BCUT2D eigenvalue weighted by atomic mass is 28.4. The molecule has 5 heteroatoms. The van der Waals surface area contributed by atoms with Crippen molar-refractivity contribution >= 4 is 14.5 Å². The summed E-state index contributed by atoms with van der Waals surface area (Å²) in [6, 6.07) is 8.12. The minimum absolute atomic E-state index is 0.608. The summed E-state index contributed by atoms with van der Waals surface area (Å²) in [5.41, 5.74) is 3.15. The number of imidazole rings is 1.